The molecular weight excluding hydrogens is 453 g/mol. The zero-order valence-corrected chi connectivity index (χ0v) is 19.0. The molecule has 5 aromatic rings. The van der Waals surface area contributed by atoms with Gasteiger partial charge in [0, 0.05) is 27.7 Å². The summed E-state index contributed by atoms with van der Waals surface area (Å²) in [7, 11) is 1.79. The molecule has 0 aliphatic carbocycles. The van der Waals surface area contributed by atoms with Crippen LogP contribution >= 0.6 is 34.4 Å². The third kappa shape index (κ3) is 3.71. The van der Waals surface area contributed by atoms with Crippen molar-refractivity contribution in [2.45, 2.75) is 17.8 Å². The van der Waals surface area contributed by atoms with Crippen LogP contribution < -0.4 is 5.56 Å². The lowest BCUT2D eigenvalue weighted by Gasteiger charge is -2.05. The molecular formula is C21H16FN5OS3. The topological polar surface area (TPSA) is 76.5 Å². The van der Waals surface area contributed by atoms with Gasteiger partial charge in [0.2, 0.25) is 0 Å². The molecule has 0 aliphatic rings. The molecule has 10 heteroatoms. The molecule has 1 N–H and O–H groups in total. The van der Waals surface area contributed by atoms with E-state index in [4.69, 9.17) is 0 Å². The number of thioether (sulfide) groups is 1. The molecule has 0 atom stereocenters. The summed E-state index contributed by atoms with van der Waals surface area (Å²) < 4.78 is 15.8. The SMILES string of the molecule is Cc1ccc(-c2csc3nc(CSc4nnc(-c5ccccc5F)n4C)[nH]c(=O)c23)s1. The van der Waals surface area contributed by atoms with Gasteiger partial charge in [0.05, 0.1) is 16.7 Å². The summed E-state index contributed by atoms with van der Waals surface area (Å²) in [6.45, 7) is 2.05. The maximum Gasteiger partial charge on any atom is 0.260 e. The molecule has 0 saturated carbocycles. The van der Waals surface area contributed by atoms with E-state index in [0.717, 1.165) is 10.4 Å². The highest BCUT2D eigenvalue weighted by atomic mass is 32.2. The minimum absolute atomic E-state index is 0.145. The van der Waals surface area contributed by atoms with Crippen LogP contribution in [0.15, 0.2) is 51.7 Å². The molecule has 0 fully saturated rings. The fourth-order valence-electron chi connectivity index (χ4n) is 3.27. The molecule has 0 bridgehead atoms. The number of benzene rings is 1. The Kier molecular flexibility index (Phi) is 5.20. The Morgan fingerprint density at radius 1 is 1.16 bits per heavy atom. The lowest BCUT2D eigenvalue weighted by atomic mass is 10.2. The zero-order valence-electron chi connectivity index (χ0n) is 16.5. The van der Waals surface area contributed by atoms with Crippen molar-refractivity contribution in [2.24, 2.45) is 7.05 Å². The van der Waals surface area contributed by atoms with E-state index in [1.54, 1.807) is 41.2 Å². The number of aromatic amines is 1. The molecule has 0 spiro atoms. The van der Waals surface area contributed by atoms with E-state index < -0.39 is 0 Å². The summed E-state index contributed by atoms with van der Waals surface area (Å²) in [5, 5.41) is 11.5. The summed E-state index contributed by atoms with van der Waals surface area (Å²) in [6, 6.07) is 10.5. The summed E-state index contributed by atoms with van der Waals surface area (Å²) >= 11 is 4.51. The van der Waals surface area contributed by atoms with E-state index in [9.17, 15) is 9.18 Å². The summed E-state index contributed by atoms with van der Waals surface area (Å²) in [6.07, 6.45) is 0. The molecule has 0 radical (unpaired) electrons. The molecule has 6 nitrogen and oxygen atoms in total. The predicted molar refractivity (Wildman–Crippen MR) is 124 cm³/mol. The number of hydrogen-bond donors (Lipinski definition) is 1. The van der Waals surface area contributed by atoms with Crippen molar-refractivity contribution in [1.82, 2.24) is 24.7 Å². The van der Waals surface area contributed by atoms with Gasteiger partial charge in [0.25, 0.3) is 5.56 Å². The average molecular weight is 470 g/mol. The lowest BCUT2D eigenvalue weighted by Crippen LogP contribution is -2.10. The quantitative estimate of drug-likeness (QED) is 0.356. The average Bonchev–Trinajstić information content (AvgIpc) is 3.46. The molecule has 1 aromatic carbocycles. The number of rotatable bonds is 5. The van der Waals surface area contributed by atoms with Gasteiger partial charge in [0.15, 0.2) is 11.0 Å². The first-order valence-corrected chi connectivity index (χ1v) is 12.0. The first-order chi connectivity index (χ1) is 15.0. The largest absolute Gasteiger partial charge is 0.309 e. The first-order valence-electron chi connectivity index (χ1n) is 9.35. The highest BCUT2D eigenvalue weighted by molar-refractivity contribution is 7.98. The third-order valence-corrected chi connectivity index (χ3v) is 7.72. The molecule has 0 amide bonds. The molecule has 4 heterocycles. The Morgan fingerprint density at radius 3 is 2.77 bits per heavy atom. The minimum Gasteiger partial charge on any atom is -0.309 e. The van der Waals surface area contributed by atoms with Gasteiger partial charge in [-0.1, -0.05) is 23.9 Å². The molecule has 0 saturated heterocycles. The molecule has 0 aliphatic heterocycles. The van der Waals surface area contributed by atoms with E-state index in [1.807, 2.05) is 24.4 Å². The van der Waals surface area contributed by atoms with Crippen molar-refractivity contribution in [2.75, 3.05) is 0 Å². The molecule has 5 rings (SSSR count). The molecule has 4 aromatic heterocycles. The Balaban J connectivity index is 1.41. The van der Waals surface area contributed by atoms with Gasteiger partial charge in [-0.05, 0) is 31.2 Å². The summed E-state index contributed by atoms with van der Waals surface area (Å²) in [4.78, 5) is 23.3. The van der Waals surface area contributed by atoms with E-state index in [1.165, 1.54) is 34.0 Å². The summed E-state index contributed by atoms with van der Waals surface area (Å²) in [5.41, 5.74) is 1.18. The van der Waals surface area contributed by atoms with Gasteiger partial charge in [0.1, 0.15) is 16.5 Å². The molecule has 0 unspecified atom stereocenters. The third-order valence-electron chi connectivity index (χ3n) is 4.79. The van der Waals surface area contributed by atoms with Crippen LogP contribution in [0.25, 0.3) is 32.0 Å². The Bertz CT molecular complexity index is 1470. The van der Waals surface area contributed by atoms with Gasteiger partial charge in [-0.2, -0.15) is 0 Å². The smallest absolute Gasteiger partial charge is 0.260 e. The van der Waals surface area contributed by atoms with Crippen molar-refractivity contribution in [1.29, 1.82) is 0 Å². The Morgan fingerprint density at radius 2 is 2.00 bits per heavy atom. The van der Waals surface area contributed by atoms with E-state index in [2.05, 4.69) is 20.2 Å². The van der Waals surface area contributed by atoms with Crippen LogP contribution in [-0.4, -0.2) is 24.7 Å². The highest BCUT2D eigenvalue weighted by Crippen LogP contribution is 2.35. The highest BCUT2D eigenvalue weighted by Gasteiger charge is 2.17. The van der Waals surface area contributed by atoms with Crippen LogP contribution in [0.2, 0.25) is 0 Å². The van der Waals surface area contributed by atoms with Crippen LogP contribution in [0, 0.1) is 12.7 Å². The fourth-order valence-corrected chi connectivity index (χ4v) is 5.98. The number of nitrogens with zero attached hydrogens (tertiary/aromatic N) is 4. The maximum atomic E-state index is 14.1. The van der Waals surface area contributed by atoms with Crippen LogP contribution in [-0.2, 0) is 12.8 Å². The Labute approximate surface area is 188 Å². The number of H-pyrrole nitrogens is 1. The standard InChI is InChI=1S/C21H16FN5OS3/c1-11-7-8-15(31-11)13-9-29-20-17(13)19(28)23-16(24-20)10-30-21-26-25-18(27(21)2)12-5-3-4-6-14(12)22/h3-9H,10H2,1-2H3,(H,23,24,28). The number of thiophene rings is 2. The maximum absolute atomic E-state index is 14.1. The number of aryl methyl sites for hydroxylation is 1. The Hall–Kier alpha value is -2.82. The zero-order chi connectivity index (χ0) is 21.5. The lowest BCUT2D eigenvalue weighted by molar-refractivity contribution is 0.628. The van der Waals surface area contributed by atoms with Crippen molar-refractivity contribution in [3.63, 3.8) is 0 Å². The van der Waals surface area contributed by atoms with Crippen LogP contribution in [0.3, 0.4) is 0 Å². The van der Waals surface area contributed by atoms with Gasteiger partial charge < -0.3 is 9.55 Å². The van der Waals surface area contributed by atoms with Crippen LogP contribution in [0.5, 0.6) is 0 Å². The summed E-state index contributed by atoms with van der Waals surface area (Å²) in [5.74, 6) is 1.08. The van der Waals surface area contributed by atoms with Crippen LogP contribution in [0.4, 0.5) is 4.39 Å². The second-order valence-corrected chi connectivity index (χ2v) is 9.97. The number of aromatic nitrogens is 5. The monoisotopic (exact) mass is 469 g/mol. The second-order valence-electron chi connectivity index (χ2n) is 6.89. The molecule has 31 heavy (non-hydrogen) atoms. The van der Waals surface area contributed by atoms with E-state index >= 15 is 0 Å². The van der Waals surface area contributed by atoms with Gasteiger partial charge >= 0.3 is 0 Å². The number of nitrogens with one attached hydrogen (secondary N) is 1. The van der Waals surface area contributed by atoms with Crippen molar-refractivity contribution in [3.05, 3.63) is 68.7 Å². The molecule has 156 valence electrons. The predicted octanol–water partition coefficient (Wildman–Crippen LogP) is 5.25. The van der Waals surface area contributed by atoms with Crippen molar-refractivity contribution < 1.29 is 4.39 Å². The number of halogens is 1. The van der Waals surface area contributed by atoms with Gasteiger partial charge in [-0.3, -0.25) is 4.79 Å². The van der Waals surface area contributed by atoms with E-state index in [-0.39, 0.29) is 11.4 Å². The van der Waals surface area contributed by atoms with Gasteiger partial charge in [-0.15, -0.1) is 32.9 Å². The van der Waals surface area contributed by atoms with Crippen molar-refractivity contribution >= 4 is 44.7 Å². The van der Waals surface area contributed by atoms with Gasteiger partial charge in [-0.25, -0.2) is 9.37 Å². The van der Waals surface area contributed by atoms with Crippen LogP contribution in [0.1, 0.15) is 10.7 Å². The van der Waals surface area contributed by atoms with Crippen molar-refractivity contribution in [3.8, 4) is 21.8 Å². The number of hydrogen-bond acceptors (Lipinski definition) is 7. The normalized spacial score (nSPS) is 11.5. The first kappa shape index (κ1) is 20.1. The fraction of sp³-hybridized carbons (Fsp3) is 0.143. The van der Waals surface area contributed by atoms with E-state index in [0.29, 0.717) is 38.3 Å². The number of fused-ring (bicyclic) bond motifs is 1. The minimum atomic E-state index is -0.347. The second kappa shape index (κ2) is 8.03.